The highest BCUT2D eigenvalue weighted by molar-refractivity contribution is 5.73. The molecule has 0 saturated heterocycles. The monoisotopic (exact) mass is 325 g/mol. The van der Waals surface area contributed by atoms with E-state index in [2.05, 4.69) is 15.4 Å². The van der Waals surface area contributed by atoms with Crippen LogP contribution in [0.5, 0.6) is 0 Å². The zero-order valence-corrected chi connectivity index (χ0v) is 13.7. The number of hydrogen-bond donors (Lipinski definition) is 1. The Kier molecular flexibility index (Phi) is 4.33. The first-order valence-corrected chi connectivity index (χ1v) is 7.69. The first-order chi connectivity index (χ1) is 11.6. The average molecular weight is 325 g/mol. The molecule has 3 rings (SSSR count). The molecular weight excluding hydrogens is 306 g/mol. The number of carbonyl (C=O) groups is 1. The lowest BCUT2D eigenvalue weighted by Gasteiger charge is -2.29. The van der Waals surface area contributed by atoms with Crippen molar-refractivity contribution in [3.8, 4) is 6.07 Å². The molecule has 0 unspecified atom stereocenters. The highest BCUT2D eigenvalue weighted by atomic mass is 16.2. The number of nitrogens with zero attached hydrogens (tertiary/aromatic N) is 6. The fourth-order valence-electron chi connectivity index (χ4n) is 2.63. The van der Waals surface area contributed by atoms with E-state index in [4.69, 9.17) is 5.26 Å². The average Bonchev–Trinajstić information content (AvgIpc) is 3.01. The zero-order chi connectivity index (χ0) is 17.1. The minimum atomic E-state index is 0.0136. The van der Waals surface area contributed by atoms with Crippen LogP contribution in [0.15, 0.2) is 24.3 Å². The van der Waals surface area contributed by atoms with Gasteiger partial charge in [-0.3, -0.25) is 4.68 Å². The predicted octanol–water partition coefficient (Wildman–Crippen LogP) is 1.26. The number of anilines is 1. The van der Waals surface area contributed by atoms with Crippen LogP contribution >= 0.6 is 0 Å². The summed E-state index contributed by atoms with van der Waals surface area (Å²) in [6.45, 7) is 2.43. The van der Waals surface area contributed by atoms with E-state index >= 15 is 0 Å². The number of hydrogen-bond acceptors (Lipinski definition) is 5. The van der Waals surface area contributed by atoms with Crippen molar-refractivity contribution in [2.75, 3.05) is 26.0 Å². The third-order valence-electron chi connectivity index (χ3n) is 3.82. The maximum atomic E-state index is 12.1. The van der Waals surface area contributed by atoms with Gasteiger partial charge < -0.3 is 15.1 Å². The van der Waals surface area contributed by atoms with Gasteiger partial charge in [-0.2, -0.15) is 10.4 Å². The number of nitriles is 1. The van der Waals surface area contributed by atoms with Crippen LogP contribution in [0.4, 0.5) is 10.6 Å². The second-order valence-electron chi connectivity index (χ2n) is 5.82. The Morgan fingerprint density at radius 2 is 2.25 bits per heavy atom. The first-order valence-electron chi connectivity index (χ1n) is 7.69. The number of amides is 2. The van der Waals surface area contributed by atoms with Gasteiger partial charge in [0.25, 0.3) is 0 Å². The van der Waals surface area contributed by atoms with E-state index in [1.807, 2.05) is 27.8 Å². The molecular formula is C16H19N7O. The SMILES string of the molecule is CN(C)C(=O)N1CCn2nc(CNc3cccc(C#N)n3)cc2C1. The maximum absolute atomic E-state index is 12.1. The van der Waals surface area contributed by atoms with Crippen molar-refractivity contribution in [2.45, 2.75) is 19.6 Å². The maximum Gasteiger partial charge on any atom is 0.319 e. The number of nitrogens with one attached hydrogen (secondary N) is 1. The summed E-state index contributed by atoms with van der Waals surface area (Å²) in [5.74, 6) is 0.643. The molecule has 2 aromatic heterocycles. The predicted molar refractivity (Wildman–Crippen MR) is 88.0 cm³/mol. The van der Waals surface area contributed by atoms with Crippen LogP contribution < -0.4 is 5.32 Å². The lowest BCUT2D eigenvalue weighted by molar-refractivity contribution is 0.155. The number of rotatable bonds is 3. The summed E-state index contributed by atoms with van der Waals surface area (Å²) in [6, 6.07) is 9.29. The normalized spacial score (nSPS) is 13.1. The summed E-state index contributed by atoms with van der Waals surface area (Å²) in [4.78, 5) is 19.6. The van der Waals surface area contributed by atoms with E-state index in [0.29, 0.717) is 37.7 Å². The molecule has 24 heavy (non-hydrogen) atoms. The lowest BCUT2D eigenvalue weighted by Crippen LogP contribution is -2.43. The van der Waals surface area contributed by atoms with E-state index in [0.717, 1.165) is 11.4 Å². The van der Waals surface area contributed by atoms with Gasteiger partial charge in [0.2, 0.25) is 0 Å². The summed E-state index contributed by atoms with van der Waals surface area (Å²) in [5, 5.41) is 16.6. The molecule has 1 aliphatic rings. The Bertz CT molecular complexity index is 790. The number of pyridine rings is 1. The summed E-state index contributed by atoms with van der Waals surface area (Å²) < 4.78 is 1.94. The van der Waals surface area contributed by atoms with Crippen LogP contribution in [-0.4, -0.2) is 51.2 Å². The van der Waals surface area contributed by atoms with Crippen LogP contribution in [0.2, 0.25) is 0 Å². The van der Waals surface area contributed by atoms with Gasteiger partial charge in [0, 0.05) is 20.6 Å². The first kappa shape index (κ1) is 15.8. The molecule has 0 saturated carbocycles. The van der Waals surface area contributed by atoms with E-state index in [-0.39, 0.29) is 6.03 Å². The second kappa shape index (κ2) is 6.58. The molecule has 2 amide bonds. The van der Waals surface area contributed by atoms with E-state index in [9.17, 15) is 4.79 Å². The highest BCUT2D eigenvalue weighted by Gasteiger charge is 2.23. The van der Waals surface area contributed by atoms with Crippen molar-refractivity contribution in [2.24, 2.45) is 0 Å². The molecule has 8 nitrogen and oxygen atoms in total. The van der Waals surface area contributed by atoms with Gasteiger partial charge in [0.05, 0.1) is 31.0 Å². The molecule has 0 atom stereocenters. The third-order valence-corrected chi connectivity index (χ3v) is 3.82. The Balaban J connectivity index is 1.65. The van der Waals surface area contributed by atoms with Crippen LogP contribution in [0.3, 0.4) is 0 Å². The molecule has 2 aromatic rings. The van der Waals surface area contributed by atoms with Gasteiger partial charge in [-0.15, -0.1) is 0 Å². The van der Waals surface area contributed by atoms with Crippen molar-refractivity contribution in [1.82, 2.24) is 24.6 Å². The standard InChI is InChI=1S/C16H19N7O/c1-21(2)16(24)22-6-7-23-14(11-22)8-13(20-23)10-18-15-5-3-4-12(9-17)19-15/h3-5,8H,6-7,10-11H2,1-2H3,(H,18,19). The summed E-state index contributed by atoms with van der Waals surface area (Å²) in [5.41, 5.74) is 2.28. The number of urea groups is 1. The van der Waals surface area contributed by atoms with Gasteiger partial charge in [0.1, 0.15) is 17.6 Å². The topological polar surface area (TPSA) is 90.1 Å². The number of carbonyl (C=O) groups excluding carboxylic acids is 1. The highest BCUT2D eigenvalue weighted by Crippen LogP contribution is 2.15. The van der Waals surface area contributed by atoms with Crippen molar-refractivity contribution in [3.05, 3.63) is 41.3 Å². The molecule has 0 spiro atoms. The summed E-state index contributed by atoms with van der Waals surface area (Å²) in [7, 11) is 3.51. The smallest absolute Gasteiger partial charge is 0.319 e. The molecule has 124 valence electrons. The van der Waals surface area contributed by atoms with Gasteiger partial charge in [-0.05, 0) is 18.2 Å². The molecule has 8 heteroatoms. The summed E-state index contributed by atoms with van der Waals surface area (Å²) in [6.07, 6.45) is 0. The molecule has 0 radical (unpaired) electrons. The van der Waals surface area contributed by atoms with Crippen LogP contribution in [0.1, 0.15) is 17.1 Å². The molecule has 3 heterocycles. The van der Waals surface area contributed by atoms with Gasteiger partial charge in [-0.1, -0.05) is 6.07 Å². The molecule has 0 fully saturated rings. The minimum absolute atomic E-state index is 0.0136. The number of aromatic nitrogens is 3. The van der Waals surface area contributed by atoms with Gasteiger partial charge >= 0.3 is 6.03 Å². The fraction of sp³-hybridized carbons (Fsp3) is 0.375. The Hall–Kier alpha value is -3.08. The van der Waals surface area contributed by atoms with Crippen molar-refractivity contribution in [1.29, 1.82) is 5.26 Å². The minimum Gasteiger partial charge on any atom is -0.364 e. The molecule has 0 aromatic carbocycles. The molecule has 0 bridgehead atoms. The fourth-order valence-corrected chi connectivity index (χ4v) is 2.63. The third kappa shape index (κ3) is 3.30. The van der Waals surface area contributed by atoms with E-state index in [1.165, 1.54) is 0 Å². The lowest BCUT2D eigenvalue weighted by atomic mass is 10.3. The zero-order valence-electron chi connectivity index (χ0n) is 13.7. The van der Waals surface area contributed by atoms with Crippen molar-refractivity contribution in [3.63, 3.8) is 0 Å². The molecule has 1 N–H and O–H groups in total. The quantitative estimate of drug-likeness (QED) is 0.917. The number of fused-ring (bicyclic) bond motifs is 1. The van der Waals surface area contributed by atoms with Crippen LogP contribution in [0.25, 0.3) is 0 Å². The molecule has 0 aliphatic carbocycles. The Morgan fingerprint density at radius 3 is 3.00 bits per heavy atom. The van der Waals surface area contributed by atoms with Crippen LogP contribution in [-0.2, 0) is 19.6 Å². The van der Waals surface area contributed by atoms with Gasteiger partial charge in [-0.25, -0.2) is 9.78 Å². The van der Waals surface area contributed by atoms with E-state index in [1.54, 1.807) is 31.1 Å². The van der Waals surface area contributed by atoms with Crippen molar-refractivity contribution >= 4 is 11.8 Å². The Morgan fingerprint density at radius 1 is 1.42 bits per heavy atom. The largest absolute Gasteiger partial charge is 0.364 e. The second-order valence-corrected chi connectivity index (χ2v) is 5.82. The summed E-state index contributed by atoms with van der Waals surface area (Å²) >= 11 is 0. The van der Waals surface area contributed by atoms with Crippen LogP contribution in [0, 0.1) is 11.3 Å². The van der Waals surface area contributed by atoms with Crippen molar-refractivity contribution < 1.29 is 4.79 Å². The molecule has 1 aliphatic heterocycles. The van der Waals surface area contributed by atoms with Gasteiger partial charge in [0.15, 0.2) is 0 Å². The van der Waals surface area contributed by atoms with E-state index < -0.39 is 0 Å². The Labute approximate surface area is 140 Å².